The van der Waals surface area contributed by atoms with Crippen LogP contribution in [0.1, 0.15) is 21.5 Å². The molecule has 6 heteroatoms. The number of aromatic amines is 1. The summed E-state index contributed by atoms with van der Waals surface area (Å²) in [6, 6.07) is 18.7. The minimum atomic E-state index is -4.58. The second-order valence-electron chi connectivity index (χ2n) is 6.05. The number of ketones is 1. The Morgan fingerprint density at radius 1 is 0.852 bits per heavy atom. The Labute approximate surface area is 152 Å². The van der Waals surface area contributed by atoms with Gasteiger partial charge >= 0.3 is 6.18 Å². The predicted octanol–water partition coefficient (Wildman–Crippen LogP) is 5.48. The smallest absolute Gasteiger partial charge is 0.338 e. The number of para-hydroxylation sites is 2. The summed E-state index contributed by atoms with van der Waals surface area (Å²) in [6.07, 6.45) is -4.58. The summed E-state index contributed by atoms with van der Waals surface area (Å²) in [6.45, 7) is 0. The first kappa shape index (κ1) is 17.0. The summed E-state index contributed by atoms with van der Waals surface area (Å²) >= 11 is 0. The third-order valence-electron chi connectivity index (χ3n) is 4.29. The number of hydrogen-bond acceptors (Lipinski definition) is 2. The zero-order valence-electron chi connectivity index (χ0n) is 13.9. The van der Waals surface area contributed by atoms with E-state index in [1.54, 1.807) is 12.1 Å². The first-order chi connectivity index (χ1) is 12.9. The van der Waals surface area contributed by atoms with E-state index in [9.17, 15) is 18.0 Å². The number of benzene rings is 3. The first-order valence-electron chi connectivity index (χ1n) is 8.19. The Bertz CT molecular complexity index is 1100. The van der Waals surface area contributed by atoms with Gasteiger partial charge in [0.05, 0.1) is 16.6 Å². The fraction of sp³-hybridized carbons (Fsp3) is 0.0476. The molecule has 0 aliphatic carbocycles. The number of nitrogens with zero attached hydrogens (tertiary/aromatic N) is 1. The molecule has 0 saturated carbocycles. The molecule has 1 aromatic heterocycles. The number of alkyl halides is 3. The Kier molecular flexibility index (Phi) is 4.03. The van der Waals surface area contributed by atoms with E-state index in [-0.39, 0.29) is 11.1 Å². The van der Waals surface area contributed by atoms with Gasteiger partial charge in [0.1, 0.15) is 5.82 Å². The van der Waals surface area contributed by atoms with Crippen molar-refractivity contribution in [3.05, 3.63) is 89.5 Å². The Balaban J connectivity index is 1.68. The van der Waals surface area contributed by atoms with E-state index in [0.717, 1.165) is 22.7 Å². The lowest BCUT2D eigenvalue weighted by Crippen LogP contribution is -2.13. The fourth-order valence-electron chi connectivity index (χ4n) is 2.95. The van der Waals surface area contributed by atoms with Crippen LogP contribution in [0.2, 0.25) is 0 Å². The zero-order chi connectivity index (χ0) is 19.0. The Morgan fingerprint density at radius 2 is 1.52 bits per heavy atom. The van der Waals surface area contributed by atoms with Crippen LogP contribution in [-0.4, -0.2) is 15.8 Å². The summed E-state index contributed by atoms with van der Waals surface area (Å²) in [7, 11) is 0. The highest BCUT2D eigenvalue weighted by atomic mass is 19.4. The van der Waals surface area contributed by atoms with Crippen LogP contribution in [0.15, 0.2) is 72.8 Å². The Hall–Kier alpha value is -3.41. The molecule has 134 valence electrons. The van der Waals surface area contributed by atoms with Crippen LogP contribution in [0.5, 0.6) is 0 Å². The number of H-pyrrole nitrogens is 1. The number of rotatable bonds is 3. The van der Waals surface area contributed by atoms with Gasteiger partial charge in [-0.15, -0.1) is 0 Å². The van der Waals surface area contributed by atoms with Crippen LogP contribution in [0.25, 0.3) is 22.4 Å². The van der Waals surface area contributed by atoms with E-state index in [4.69, 9.17) is 0 Å². The van der Waals surface area contributed by atoms with E-state index in [2.05, 4.69) is 9.97 Å². The topological polar surface area (TPSA) is 45.8 Å². The van der Waals surface area contributed by atoms with E-state index in [0.29, 0.717) is 5.82 Å². The van der Waals surface area contributed by atoms with Gasteiger partial charge in [-0.1, -0.05) is 54.6 Å². The van der Waals surface area contributed by atoms with Gasteiger partial charge in [0.25, 0.3) is 0 Å². The maximum atomic E-state index is 13.1. The van der Waals surface area contributed by atoms with Gasteiger partial charge < -0.3 is 4.98 Å². The molecule has 0 radical (unpaired) electrons. The van der Waals surface area contributed by atoms with Crippen molar-refractivity contribution >= 4 is 16.8 Å². The van der Waals surface area contributed by atoms with Gasteiger partial charge in [0, 0.05) is 16.7 Å². The molecule has 4 rings (SSSR count). The van der Waals surface area contributed by atoms with Gasteiger partial charge in [-0.3, -0.25) is 4.79 Å². The van der Waals surface area contributed by atoms with Crippen LogP contribution >= 0.6 is 0 Å². The Morgan fingerprint density at radius 3 is 2.22 bits per heavy atom. The molecular formula is C21H13F3N2O. The molecule has 4 aromatic rings. The highest BCUT2D eigenvalue weighted by Gasteiger charge is 2.34. The van der Waals surface area contributed by atoms with Crippen molar-refractivity contribution in [2.75, 3.05) is 0 Å². The van der Waals surface area contributed by atoms with Crippen molar-refractivity contribution in [2.45, 2.75) is 6.18 Å². The number of carbonyl (C=O) groups excluding carboxylic acids is 1. The number of halogens is 3. The van der Waals surface area contributed by atoms with Crippen molar-refractivity contribution in [2.24, 2.45) is 0 Å². The maximum Gasteiger partial charge on any atom is 0.417 e. The van der Waals surface area contributed by atoms with Crippen LogP contribution in [0.4, 0.5) is 13.2 Å². The monoisotopic (exact) mass is 366 g/mol. The molecule has 0 fully saturated rings. The fourth-order valence-corrected chi connectivity index (χ4v) is 2.95. The van der Waals surface area contributed by atoms with Gasteiger partial charge in [-0.05, 0) is 18.2 Å². The molecule has 0 aliphatic heterocycles. The SMILES string of the molecule is O=C(c1ccc(-c2nc3ccccc3[nH]2)cc1)c1ccccc1C(F)(F)F. The summed E-state index contributed by atoms with van der Waals surface area (Å²) in [5, 5.41) is 0. The average Bonchev–Trinajstić information content (AvgIpc) is 3.11. The summed E-state index contributed by atoms with van der Waals surface area (Å²) < 4.78 is 39.4. The number of carbonyl (C=O) groups is 1. The van der Waals surface area contributed by atoms with Gasteiger partial charge in [0.15, 0.2) is 5.78 Å². The van der Waals surface area contributed by atoms with E-state index < -0.39 is 17.5 Å². The molecule has 0 bridgehead atoms. The van der Waals surface area contributed by atoms with Crippen molar-refractivity contribution < 1.29 is 18.0 Å². The number of hydrogen-bond donors (Lipinski definition) is 1. The largest absolute Gasteiger partial charge is 0.417 e. The van der Waals surface area contributed by atoms with E-state index in [1.807, 2.05) is 24.3 Å². The number of fused-ring (bicyclic) bond motifs is 1. The highest BCUT2D eigenvalue weighted by Crippen LogP contribution is 2.33. The van der Waals surface area contributed by atoms with Crippen molar-refractivity contribution in [1.29, 1.82) is 0 Å². The molecule has 0 aliphatic rings. The second kappa shape index (κ2) is 6.39. The average molecular weight is 366 g/mol. The molecule has 1 heterocycles. The van der Waals surface area contributed by atoms with E-state index >= 15 is 0 Å². The molecule has 3 aromatic carbocycles. The normalized spacial score (nSPS) is 11.7. The number of aromatic nitrogens is 2. The number of imidazole rings is 1. The molecule has 1 N–H and O–H groups in total. The molecule has 0 unspecified atom stereocenters. The molecule has 0 atom stereocenters. The lowest BCUT2D eigenvalue weighted by molar-refractivity contribution is -0.137. The molecule has 0 amide bonds. The molecule has 0 spiro atoms. The first-order valence-corrected chi connectivity index (χ1v) is 8.19. The lowest BCUT2D eigenvalue weighted by Gasteiger charge is -2.11. The maximum absolute atomic E-state index is 13.1. The van der Waals surface area contributed by atoms with Gasteiger partial charge in [-0.25, -0.2) is 4.98 Å². The third-order valence-corrected chi connectivity index (χ3v) is 4.29. The van der Waals surface area contributed by atoms with Gasteiger partial charge in [-0.2, -0.15) is 13.2 Å². The summed E-state index contributed by atoms with van der Waals surface area (Å²) in [5.41, 5.74) is 1.33. The van der Waals surface area contributed by atoms with Gasteiger partial charge in [0.2, 0.25) is 0 Å². The number of nitrogens with one attached hydrogen (secondary N) is 1. The van der Waals surface area contributed by atoms with E-state index in [1.165, 1.54) is 30.3 Å². The molecule has 3 nitrogen and oxygen atoms in total. The predicted molar refractivity (Wildman–Crippen MR) is 96.4 cm³/mol. The summed E-state index contributed by atoms with van der Waals surface area (Å²) in [5.74, 6) is -0.0371. The molecule has 27 heavy (non-hydrogen) atoms. The lowest BCUT2D eigenvalue weighted by atomic mass is 9.97. The standard InChI is InChI=1S/C21H13F3N2O/c22-21(23,24)16-6-2-1-5-15(16)19(27)13-9-11-14(12-10-13)20-25-17-7-3-4-8-18(17)26-20/h1-12H,(H,25,26). The molecule has 0 saturated heterocycles. The quantitative estimate of drug-likeness (QED) is 0.488. The third kappa shape index (κ3) is 3.21. The second-order valence-corrected chi connectivity index (χ2v) is 6.05. The molecular weight excluding hydrogens is 353 g/mol. The minimum Gasteiger partial charge on any atom is -0.338 e. The van der Waals surface area contributed by atoms with Crippen molar-refractivity contribution in [3.8, 4) is 11.4 Å². The minimum absolute atomic E-state index is 0.187. The van der Waals surface area contributed by atoms with Crippen LogP contribution < -0.4 is 0 Å². The van der Waals surface area contributed by atoms with Crippen molar-refractivity contribution in [1.82, 2.24) is 9.97 Å². The zero-order valence-corrected chi connectivity index (χ0v) is 13.9. The summed E-state index contributed by atoms with van der Waals surface area (Å²) in [4.78, 5) is 20.2. The van der Waals surface area contributed by atoms with Crippen LogP contribution in [0.3, 0.4) is 0 Å². The van der Waals surface area contributed by atoms with Crippen LogP contribution in [-0.2, 0) is 6.18 Å². The highest BCUT2D eigenvalue weighted by molar-refractivity contribution is 6.10. The van der Waals surface area contributed by atoms with Crippen LogP contribution in [0, 0.1) is 0 Å². The van der Waals surface area contributed by atoms with Crippen molar-refractivity contribution in [3.63, 3.8) is 0 Å².